The zero-order valence-electron chi connectivity index (χ0n) is 15.9. The van der Waals surface area contributed by atoms with Gasteiger partial charge in [0.05, 0.1) is 0 Å². The van der Waals surface area contributed by atoms with E-state index in [1.165, 1.54) is 0 Å². The van der Waals surface area contributed by atoms with Crippen LogP contribution >= 0.6 is 0 Å². The second-order valence-corrected chi connectivity index (χ2v) is 9.53. The van der Waals surface area contributed by atoms with Gasteiger partial charge in [-0.25, -0.2) is 0 Å². The van der Waals surface area contributed by atoms with Crippen molar-refractivity contribution in [3.05, 3.63) is 0 Å². The number of nitrogens with zero attached hydrogens (tertiary/aromatic N) is 1. The summed E-state index contributed by atoms with van der Waals surface area (Å²) in [6.45, 7) is 26.5. The third-order valence-corrected chi connectivity index (χ3v) is 2.76. The van der Waals surface area contributed by atoms with E-state index >= 15 is 0 Å². The van der Waals surface area contributed by atoms with E-state index in [2.05, 4.69) is 100 Å². The van der Waals surface area contributed by atoms with Gasteiger partial charge in [0.15, 0.2) is 0 Å². The number of rotatable bonds is 0. The van der Waals surface area contributed by atoms with Crippen LogP contribution in [0.3, 0.4) is 0 Å². The molecule has 0 aromatic rings. The minimum absolute atomic E-state index is 0.234. The molecular formula is C17H40N2. The smallest absolute Gasteiger partial charge is 0.0127 e. The molecular weight excluding hydrogens is 232 g/mol. The third-order valence-electron chi connectivity index (χ3n) is 2.76. The summed E-state index contributed by atoms with van der Waals surface area (Å²) in [7, 11) is 2.17. The maximum Gasteiger partial charge on any atom is 0.0127 e. The van der Waals surface area contributed by atoms with Crippen molar-refractivity contribution in [1.29, 1.82) is 0 Å². The number of nitrogens with one attached hydrogen (secondary N) is 1. The topological polar surface area (TPSA) is 15.3 Å². The number of hydrogen-bond donors (Lipinski definition) is 1. The van der Waals surface area contributed by atoms with Crippen LogP contribution in [0.1, 0.15) is 83.1 Å². The first-order valence-electron chi connectivity index (χ1n) is 7.39. The normalized spacial score (nSPS) is 14.2. The van der Waals surface area contributed by atoms with Crippen LogP contribution in [-0.2, 0) is 0 Å². The van der Waals surface area contributed by atoms with E-state index in [9.17, 15) is 0 Å². The fourth-order valence-corrected chi connectivity index (χ4v) is 2.13. The zero-order chi connectivity index (χ0) is 16.3. The summed E-state index contributed by atoms with van der Waals surface area (Å²) in [6.07, 6.45) is 0. The maximum atomic E-state index is 3.46. The third kappa shape index (κ3) is 14.1. The Labute approximate surface area is 123 Å². The number of hydrogen-bond acceptors (Lipinski definition) is 2. The highest BCUT2D eigenvalue weighted by molar-refractivity contribution is 4.83. The Morgan fingerprint density at radius 3 is 0.737 bits per heavy atom. The van der Waals surface area contributed by atoms with Crippen LogP contribution in [-0.4, -0.2) is 34.1 Å². The molecule has 0 atom stereocenters. The van der Waals surface area contributed by atoms with Crippen molar-refractivity contribution in [3.63, 3.8) is 0 Å². The van der Waals surface area contributed by atoms with Crippen LogP contribution in [0.25, 0.3) is 0 Å². The Bertz CT molecular complexity index is 214. The Morgan fingerprint density at radius 2 is 0.737 bits per heavy atom. The first-order chi connectivity index (χ1) is 7.86. The molecule has 0 aromatic heterocycles. The molecule has 0 radical (unpaired) electrons. The maximum absolute atomic E-state index is 3.46. The van der Waals surface area contributed by atoms with Crippen LogP contribution in [0, 0.1) is 0 Å². The summed E-state index contributed by atoms with van der Waals surface area (Å²) in [4.78, 5) is 2.38. The minimum Gasteiger partial charge on any atom is -0.307 e. The van der Waals surface area contributed by atoms with E-state index in [0.717, 1.165) is 0 Å². The lowest BCUT2D eigenvalue weighted by Crippen LogP contribution is -2.49. The first-order valence-corrected chi connectivity index (χ1v) is 7.39. The van der Waals surface area contributed by atoms with E-state index in [-0.39, 0.29) is 22.2 Å². The fourth-order valence-electron chi connectivity index (χ4n) is 2.13. The summed E-state index contributed by atoms with van der Waals surface area (Å²) in [5.41, 5.74) is 1.02. The van der Waals surface area contributed by atoms with Gasteiger partial charge in [-0.05, 0) is 90.1 Å². The largest absolute Gasteiger partial charge is 0.307 e. The molecule has 0 aromatic carbocycles. The van der Waals surface area contributed by atoms with Gasteiger partial charge in [-0.15, -0.1) is 0 Å². The predicted molar refractivity (Wildman–Crippen MR) is 89.9 cm³/mol. The van der Waals surface area contributed by atoms with Gasteiger partial charge in [-0.3, -0.25) is 4.90 Å². The highest BCUT2D eigenvalue weighted by Crippen LogP contribution is 2.21. The fraction of sp³-hybridized carbons (Fsp3) is 1.00. The van der Waals surface area contributed by atoms with Crippen molar-refractivity contribution in [3.8, 4) is 0 Å². The van der Waals surface area contributed by atoms with Gasteiger partial charge >= 0.3 is 0 Å². The molecule has 0 saturated heterocycles. The van der Waals surface area contributed by atoms with E-state index in [0.29, 0.717) is 0 Å². The highest BCUT2D eigenvalue weighted by Gasteiger charge is 2.26. The van der Waals surface area contributed by atoms with Crippen molar-refractivity contribution in [2.45, 2.75) is 105 Å². The molecule has 0 heterocycles. The van der Waals surface area contributed by atoms with Crippen molar-refractivity contribution >= 4 is 0 Å². The highest BCUT2D eigenvalue weighted by atomic mass is 15.2. The van der Waals surface area contributed by atoms with Gasteiger partial charge in [-0.2, -0.15) is 0 Å². The molecule has 0 rings (SSSR count). The lowest BCUT2D eigenvalue weighted by molar-refractivity contribution is 0.0700. The van der Waals surface area contributed by atoms with Crippen LogP contribution in [0.2, 0.25) is 0 Å². The molecule has 0 aliphatic carbocycles. The van der Waals surface area contributed by atoms with Gasteiger partial charge in [0.25, 0.3) is 0 Å². The zero-order valence-corrected chi connectivity index (χ0v) is 15.9. The van der Waals surface area contributed by atoms with Gasteiger partial charge in [0, 0.05) is 22.2 Å². The van der Waals surface area contributed by atoms with E-state index < -0.39 is 0 Å². The Morgan fingerprint density at radius 1 is 0.526 bits per heavy atom. The Kier molecular flexibility index (Phi) is 7.35. The molecule has 0 aliphatic heterocycles. The van der Waals surface area contributed by atoms with Crippen molar-refractivity contribution < 1.29 is 0 Å². The molecule has 118 valence electrons. The quantitative estimate of drug-likeness (QED) is 0.688. The molecule has 0 saturated carbocycles. The Balaban J connectivity index is 0. The van der Waals surface area contributed by atoms with E-state index in [1.54, 1.807) is 0 Å². The average molecular weight is 273 g/mol. The van der Waals surface area contributed by atoms with Gasteiger partial charge in [0.1, 0.15) is 0 Å². The van der Waals surface area contributed by atoms with Gasteiger partial charge in [-0.1, -0.05) is 0 Å². The molecule has 1 N–H and O–H groups in total. The summed E-state index contributed by atoms with van der Waals surface area (Å²) < 4.78 is 0. The first kappa shape index (κ1) is 21.2. The summed E-state index contributed by atoms with van der Waals surface area (Å²) in [6, 6.07) is 0. The molecule has 0 fully saturated rings. The minimum atomic E-state index is 0.234. The summed E-state index contributed by atoms with van der Waals surface area (Å²) >= 11 is 0. The van der Waals surface area contributed by atoms with Gasteiger partial charge in [0.2, 0.25) is 0 Å². The van der Waals surface area contributed by atoms with Crippen LogP contribution in [0.5, 0.6) is 0 Å². The SMILES string of the molecule is CC(C)(C)NC(C)(C)C.CN(C(C)(C)C)C(C)(C)C. The van der Waals surface area contributed by atoms with Crippen molar-refractivity contribution in [2.75, 3.05) is 7.05 Å². The molecule has 0 unspecified atom stereocenters. The standard InChI is InChI=1S/C9H21N.C8H19N/c1-8(2,3)10(7)9(4,5)6;1-7(2,3)9-8(4,5)6/h1-7H3;9H,1-6H3. The molecule has 0 spiro atoms. The molecule has 19 heavy (non-hydrogen) atoms. The second-order valence-electron chi connectivity index (χ2n) is 9.53. The Hall–Kier alpha value is -0.0800. The lowest BCUT2D eigenvalue weighted by atomic mass is 9.98. The van der Waals surface area contributed by atoms with Crippen LogP contribution < -0.4 is 5.32 Å². The van der Waals surface area contributed by atoms with Crippen LogP contribution in [0.4, 0.5) is 0 Å². The van der Waals surface area contributed by atoms with Gasteiger partial charge < -0.3 is 5.32 Å². The second kappa shape index (κ2) is 6.58. The van der Waals surface area contributed by atoms with Crippen LogP contribution in [0.15, 0.2) is 0 Å². The molecule has 2 heteroatoms. The van der Waals surface area contributed by atoms with Crippen molar-refractivity contribution in [1.82, 2.24) is 10.2 Å². The molecule has 2 nitrogen and oxygen atoms in total. The summed E-state index contributed by atoms with van der Waals surface area (Å²) in [5, 5.41) is 3.46. The van der Waals surface area contributed by atoms with E-state index in [1.807, 2.05) is 0 Å². The average Bonchev–Trinajstić information content (AvgIpc) is 1.92. The van der Waals surface area contributed by atoms with E-state index in [4.69, 9.17) is 0 Å². The monoisotopic (exact) mass is 272 g/mol. The predicted octanol–water partition coefficient (Wildman–Crippen LogP) is 4.69. The van der Waals surface area contributed by atoms with Crippen molar-refractivity contribution in [2.24, 2.45) is 0 Å². The summed E-state index contributed by atoms with van der Waals surface area (Å²) in [5.74, 6) is 0. The molecule has 0 aliphatic rings. The molecule has 0 amide bonds. The lowest BCUT2D eigenvalue weighted by Gasteiger charge is -2.42. The molecule has 0 bridgehead atoms.